The molecule has 1 rings (SSSR count). The molecule has 0 aliphatic heterocycles. The van der Waals surface area contributed by atoms with E-state index in [1.165, 1.54) is 0 Å². The number of hydrogen-bond acceptors (Lipinski definition) is 4. The van der Waals surface area contributed by atoms with E-state index in [2.05, 4.69) is 5.09 Å². The van der Waals surface area contributed by atoms with Gasteiger partial charge < -0.3 is 4.52 Å². The highest BCUT2D eigenvalue weighted by atomic mass is 32.2. The van der Waals surface area contributed by atoms with Crippen molar-refractivity contribution in [3.63, 3.8) is 0 Å². The number of rotatable bonds is 7. The highest BCUT2D eigenvalue weighted by Gasteiger charge is 2.27. The third kappa shape index (κ3) is 5.02. The Kier molecular flexibility index (Phi) is 6.40. The lowest BCUT2D eigenvalue weighted by Crippen LogP contribution is -2.23. The first-order valence-electron chi connectivity index (χ1n) is 6.43. The van der Waals surface area contributed by atoms with E-state index in [1.54, 1.807) is 31.4 Å². The number of aryl methyl sites for hydroxylation is 1. The molecule has 0 aliphatic carbocycles. The van der Waals surface area contributed by atoms with Gasteiger partial charge in [-0.1, -0.05) is 0 Å². The van der Waals surface area contributed by atoms with Crippen molar-refractivity contribution in [3.05, 3.63) is 23.8 Å². The summed E-state index contributed by atoms with van der Waals surface area (Å²) in [5.41, 5.74) is 0.830. The van der Waals surface area contributed by atoms with Crippen LogP contribution in [0.15, 0.2) is 23.1 Å². The average molecular weight is 319 g/mol. The Morgan fingerprint density at radius 3 is 2.50 bits per heavy atom. The zero-order chi connectivity index (χ0) is 15.3. The van der Waals surface area contributed by atoms with Crippen molar-refractivity contribution < 1.29 is 17.8 Å². The normalized spacial score (nSPS) is 15.9. The predicted molar refractivity (Wildman–Crippen MR) is 81.6 cm³/mol. The minimum atomic E-state index is -3.38. The Hall–Kier alpha value is -0.680. The number of benzene rings is 1. The summed E-state index contributed by atoms with van der Waals surface area (Å²) in [5, 5.41) is 2.81. The van der Waals surface area contributed by atoms with Crippen molar-refractivity contribution >= 4 is 18.5 Å². The smallest absolute Gasteiger partial charge is 0.413 e. The van der Waals surface area contributed by atoms with Gasteiger partial charge in [-0.3, -0.25) is 8.73 Å². The lowest BCUT2D eigenvalue weighted by Gasteiger charge is -2.21. The minimum Gasteiger partial charge on any atom is -0.413 e. The van der Waals surface area contributed by atoms with Gasteiger partial charge in [0, 0.05) is 17.2 Å². The first-order valence-corrected chi connectivity index (χ1v) is 9.53. The van der Waals surface area contributed by atoms with Gasteiger partial charge in [0.15, 0.2) is 0 Å². The Labute approximate surface area is 123 Å². The highest BCUT2D eigenvalue weighted by Crippen LogP contribution is 2.44. The van der Waals surface area contributed by atoms with Crippen molar-refractivity contribution in [2.24, 2.45) is 0 Å². The van der Waals surface area contributed by atoms with Crippen molar-refractivity contribution in [3.8, 4) is 5.75 Å². The van der Waals surface area contributed by atoms with E-state index in [9.17, 15) is 8.77 Å². The molecular formula is C13H22NO4PS. The van der Waals surface area contributed by atoms with Crippen molar-refractivity contribution in [1.29, 1.82) is 0 Å². The quantitative estimate of drug-likeness (QED) is 0.782. The molecule has 0 fully saturated rings. The molecule has 0 aromatic heterocycles. The van der Waals surface area contributed by atoms with Crippen LogP contribution in [0.4, 0.5) is 0 Å². The van der Waals surface area contributed by atoms with Crippen molar-refractivity contribution in [2.45, 2.75) is 38.6 Å². The zero-order valence-electron chi connectivity index (χ0n) is 12.5. The Balaban J connectivity index is 2.97. The second-order valence-corrected chi connectivity index (χ2v) is 7.71. The number of hydrogen-bond donors (Lipinski definition) is 1. The molecule has 0 heterocycles. The van der Waals surface area contributed by atoms with Gasteiger partial charge in [-0.15, -0.1) is 0 Å². The van der Waals surface area contributed by atoms with Crippen LogP contribution in [0.1, 0.15) is 26.3 Å². The Bertz CT molecular complexity index is 533. The predicted octanol–water partition coefficient (Wildman–Crippen LogP) is 3.25. The second kappa shape index (κ2) is 7.36. The molecule has 1 aromatic rings. The summed E-state index contributed by atoms with van der Waals surface area (Å²) in [6, 6.07) is 5.05. The fourth-order valence-corrected chi connectivity index (χ4v) is 4.03. The van der Waals surface area contributed by atoms with Crippen LogP contribution in [0.2, 0.25) is 0 Å². The highest BCUT2D eigenvalue weighted by molar-refractivity contribution is 7.84. The molecule has 1 aromatic carbocycles. The SMILES string of the molecule is CCO[P@@](=O)(NC(C)C)Oc1ccc([S@@](C)=O)c(C)c1. The van der Waals surface area contributed by atoms with Gasteiger partial charge in [0.2, 0.25) is 0 Å². The Morgan fingerprint density at radius 1 is 1.40 bits per heavy atom. The van der Waals surface area contributed by atoms with Gasteiger partial charge in [-0.25, -0.2) is 9.65 Å². The molecule has 1 N–H and O–H groups in total. The summed E-state index contributed by atoms with van der Waals surface area (Å²) in [7, 11) is -4.44. The van der Waals surface area contributed by atoms with Crippen LogP contribution in [-0.2, 0) is 19.9 Å². The second-order valence-electron chi connectivity index (χ2n) is 4.67. The van der Waals surface area contributed by atoms with Gasteiger partial charge in [0.1, 0.15) is 5.75 Å². The summed E-state index contributed by atoms with van der Waals surface area (Å²) in [5.74, 6) is 0.432. The van der Waals surface area contributed by atoms with Crippen LogP contribution in [0.25, 0.3) is 0 Å². The molecule has 0 aliphatic rings. The van der Waals surface area contributed by atoms with E-state index in [0.29, 0.717) is 5.75 Å². The van der Waals surface area contributed by atoms with Crippen LogP contribution in [0, 0.1) is 6.92 Å². The summed E-state index contributed by atoms with van der Waals surface area (Å²) in [4.78, 5) is 0.736. The molecule has 20 heavy (non-hydrogen) atoms. The van der Waals surface area contributed by atoms with Gasteiger partial charge in [-0.05, 0) is 51.5 Å². The lowest BCUT2D eigenvalue weighted by molar-refractivity contribution is 0.265. The molecule has 0 saturated carbocycles. The van der Waals surface area contributed by atoms with Crippen LogP contribution in [0.3, 0.4) is 0 Å². The molecule has 0 saturated heterocycles. The van der Waals surface area contributed by atoms with E-state index in [4.69, 9.17) is 9.05 Å². The van der Waals surface area contributed by atoms with Gasteiger partial charge >= 0.3 is 7.75 Å². The molecule has 0 unspecified atom stereocenters. The fourth-order valence-electron chi connectivity index (χ4n) is 1.72. The number of nitrogens with one attached hydrogen (secondary N) is 1. The molecule has 2 atom stereocenters. The zero-order valence-corrected chi connectivity index (χ0v) is 14.2. The molecule has 0 spiro atoms. The van der Waals surface area contributed by atoms with E-state index in [1.807, 2.05) is 20.8 Å². The monoisotopic (exact) mass is 319 g/mol. The molecular weight excluding hydrogens is 297 g/mol. The standard InChI is InChI=1S/C13H22NO4PS/c1-6-17-19(15,14-10(2)3)18-12-7-8-13(20(5)16)11(4)9-12/h7-10H,6H2,1-5H3,(H,14,15)/t19-,20+/m0/s1. The molecule has 7 heteroatoms. The first kappa shape index (κ1) is 17.4. The third-order valence-corrected chi connectivity index (χ3v) is 5.36. The minimum absolute atomic E-state index is 0.0316. The van der Waals surface area contributed by atoms with Crippen LogP contribution >= 0.6 is 7.75 Å². The molecule has 5 nitrogen and oxygen atoms in total. The van der Waals surface area contributed by atoms with E-state index in [0.717, 1.165) is 10.5 Å². The first-order chi connectivity index (χ1) is 9.27. The Morgan fingerprint density at radius 2 is 2.05 bits per heavy atom. The van der Waals surface area contributed by atoms with Crippen molar-refractivity contribution in [2.75, 3.05) is 12.9 Å². The van der Waals surface area contributed by atoms with Gasteiger partial charge in [0.25, 0.3) is 0 Å². The summed E-state index contributed by atoms with van der Waals surface area (Å²) in [6.07, 6.45) is 1.62. The summed E-state index contributed by atoms with van der Waals surface area (Å²) in [6.45, 7) is 7.61. The largest absolute Gasteiger partial charge is 0.458 e. The van der Waals surface area contributed by atoms with E-state index >= 15 is 0 Å². The third-order valence-electron chi connectivity index (χ3n) is 2.40. The maximum atomic E-state index is 12.5. The molecule has 0 amide bonds. The van der Waals surface area contributed by atoms with E-state index < -0.39 is 18.5 Å². The topological polar surface area (TPSA) is 64.6 Å². The van der Waals surface area contributed by atoms with Gasteiger partial charge in [0.05, 0.1) is 17.4 Å². The van der Waals surface area contributed by atoms with Crippen LogP contribution < -0.4 is 9.61 Å². The van der Waals surface area contributed by atoms with Crippen LogP contribution in [-0.4, -0.2) is 23.1 Å². The van der Waals surface area contributed by atoms with Gasteiger partial charge in [-0.2, -0.15) is 0 Å². The van der Waals surface area contributed by atoms with Crippen LogP contribution in [0.5, 0.6) is 5.75 Å². The van der Waals surface area contributed by atoms with Crippen molar-refractivity contribution in [1.82, 2.24) is 5.09 Å². The van der Waals surface area contributed by atoms with E-state index in [-0.39, 0.29) is 12.6 Å². The molecule has 114 valence electrons. The lowest BCUT2D eigenvalue weighted by atomic mass is 10.2. The fraction of sp³-hybridized carbons (Fsp3) is 0.538. The summed E-state index contributed by atoms with van der Waals surface area (Å²) >= 11 is 0. The molecule has 0 bridgehead atoms. The average Bonchev–Trinajstić information content (AvgIpc) is 2.26. The maximum absolute atomic E-state index is 12.5. The maximum Gasteiger partial charge on any atom is 0.458 e. The molecule has 0 radical (unpaired) electrons. The summed E-state index contributed by atoms with van der Waals surface area (Å²) < 4.78 is 34.7.